The molecule has 1 aliphatic heterocycles. The minimum absolute atomic E-state index is 0.717. The fourth-order valence-corrected chi connectivity index (χ4v) is 1.59. The van der Waals surface area contributed by atoms with E-state index in [2.05, 4.69) is 11.0 Å². The highest BCUT2D eigenvalue weighted by molar-refractivity contribution is 5.51. The second-order valence-corrected chi connectivity index (χ2v) is 3.26. The molecule has 0 radical (unpaired) electrons. The van der Waals surface area contributed by atoms with Gasteiger partial charge in [-0.25, -0.2) is 0 Å². The van der Waals surface area contributed by atoms with Crippen molar-refractivity contribution in [2.75, 3.05) is 31.2 Å². The van der Waals surface area contributed by atoms with E-state index in [0.29, 0.717) is 5.56 Å². The molecule has 1 aromatic carbocycles. The first-order chi connectivity index (χ1) is 6.90. The van der Waals surface area contributed by atoms with Crippen LogP contribution in [0.1, 0.15) is 5.56 Å². The van der Waals surface area contributed by atoms with Crippen LogP contribution in [0.3, 0.4) is 0 Å². The van der Waals surface area contributed by atoms with Crippen molar-refractivity contribution in [1.82, 2.24) is 0 Å². The molecule has 0 aromatic heterocycles. The Hall–Kier alpha value is -1.53. The van der Waals surface area contributed by atoms with Gasteiger partial charge in [-0.2, -0.15) is 5.26 Å². The summed E-state index contributed by atoms with van der Waals surface area (Å²) >= 11 is 0. The van der Waals surface area contributed by atoms with Crippen molar-refractivity contribution in [2.24, 2.45) is 0 Å². The van der Waals surface area contributed by atoms with Crippen LogP contribution in [-0.4, -0.2) is 26.3 Å². The first-order valence-corrected chi connectivity index (χ1v) is 4.73. The van der Waals surface area contributed by atoms with Crippen LogP contribution in [-0.2, 0) is 4.74 Å². The average molecular weight is 188 g/mol. The SMILES string of the molecule is N#Cc1cccc(N2CCOCC2)c1. The zero-order chi connectivity index (χ0) is 9.80. The smallest absolute Gasteiger partial charge is 0.0992 e. The Morgan fingerprint density at radius 3 is 2.79 bits per heavy atom. The van der Waals surface area contributed by atoms with Gasteiger partial charge in [-0.1, -0.05) is 6.07 Å². The van der Waals surface area contributed by atoms with Gasteiger partial charge >= 0.3 is 0 Å². The molecule has 0 aliphatic carbocycles. The fraction of sp³-hybridized carbons (Fsp3) is 0.364. The third-order valence-electron chi connectivity index (χ3n) is 2.35. The van der Waals surface area contributed by atoms with Gasteiger partial charge in [0.1, 0.15) is 0 Å². The Kier molecular flexibility index (Phi) is 2.66. The maximum atomic E-state index is 8.77. The molecule has 3 heteroatoms. The van der Waals surface area contributed by atoms with Gasteiger partial charge in [-0.3, -0.25) is 0 Å². The van der Waals surface area contributed by atoms with Crippen LogP contribution < -0.4 is 4.90 Å². The second kappa shape index (κ2) is 4.12. The molecule has 1 fully saturated rings. The molecule has 0 spiro atoms. The third-order valence-corrected chi connectivity index (χ3v) is 2.35. The lowest BCUT2D eigenvalue weighted by Gasteiger charge is -2.28. The average Bonchev–Trinajstić information content (AvgIpc) is 2.30. The van der Waals surface area contributed by atoms with Crippen molar-refractivity contribution in [1.29, 1.82) is 5.26 Å². The summed E-state index contributed by atoms with van der Waals surface area (Å²) in [6.45, 7) is 3.37. The van der Waals surface area contributed by atoms with Gasteiger partial charge in [-0.15, -0.1) is 0 Å². The van der Waals surface area contributed by atoms with E-state index in [4.69, 9.17) is 10.00 Å². The Bertz CT molecular complexity index is 351. The summed E-state index contributed by atoms with van der Waals surface area (Å²) in [7, 11) is 0. The number of hydrogen-bond donors (Lipinski definition) is 0. The van der Waals surface area contributed by atoms with Gasteiger partial charge in [0, 0.05) is 18.8 Å². The minimum Gasteiger partial charge on any atom is -0.378 e. The van der Waals surface area contributed by atoms with Gasteiger partial charge < -0.3 is 9.64 Å². The molecule has 72 valence electrons. The van der Waals surface area contributed by atoms with Crippen LogP contribution in [0.25, 0.3) is 0 Å². The molecule has 1 heterocycles. The number of ether oxygens (including phenoxy) is 1. The van der Waals surface area contributed by atoms with Crippen molar-refractivity contribution in [2.45, 2.75) is 0 Å². The van der Waals surface area contributed by atoms with E-state index in [1.807, 2.05) is 24.3 Å². The Morgan fingerprint density at radius 2 is 2.07 bits per heavy atom. The molecule has 1 aliphatic rings. The summed E-state index contributed by atoms with van der Waals surface area (Å²) in [5.74, 6) is 0. The molecule has 3 nitrogen and oxygen atoms in total. The summed E-state index contributed by atoms with van der Waals surface area (Å²) in [4.78, 5) is 2.24. The highest BCUT2D eigenvalue weighted by atomic mass is 16.5. The van der Waals surface area contributed by atoms with Crippen molar-refractivity contribution in [3.05, 3.63) is 29.8 Å². The molecular formula is C11H12N2O. The van der Waals surface area contributed by atoms with Crippen LogP contribution in [0, 0.1) is 11.3 Å². The van der Waals surface area contributed by atoms with E-state index >= 15 is 0 Å². The van der Waals surface area contributed by atoms with Crippen LogP contribution in [0.2, 0.25) is 0 Å². The molecular weight excluding hydrogens is 176 g/mol. The number of nitriles is 1. The standard InChI is InChI=1S/C11H12N2O/c12-9-10-2-1-3-11(8-10)13-4-6-14-7-5-13/h1-3,8H,4-7H2. The topological polar surface area (TPSA) is 36.3 Å². The molecule has 0 bridgehead atoms. The number of benzene rings is 1. The molecule has 0 amide bonds. The number of hydrogen-bond acceptors (Lipinski definition) is 3. The van der Waals surface area contributed by atoms with Gasteiger partial charge in [-0.05, 0) is 18.2 Å². The highest BCUT2D eigenvalue weighted by Gasteiger charge is 2.10. The molecule has 0 atom stereocenters. The monoisotopic (exact) mass is 188 g/mol. The molecule has 0 unspecified atom stereocenters. The number of nitrogens with zero attached hydrogens (tertiary/aromatic N) is 2. The zero-order valence-corrected chi connectivity index (χ0v) is 7.94. The summed E-state index contributed by atoms with van der Waals surface area (Å²) < 4.78 is 5.27. The molecule has 1 aromatic rings. The van der Waals surface area contributed by atoms with Crippen LogP contribution in [0.4, 0.5) is 5.69 Å². The fourth-order valence-electron chi connectivity index (χ4n) is 1.59. The van der Waals surface area contributed by atoms with Crippen molar-refractivity contribution < 1.29 is 4.74 Å². The predicted octanol–water partition coefficient (Wildman–Crippen LogP) is 1.39. The van der Waals surface area contributed by atoms with E-state index in [9.17, 15) is 0 Å². The summed E-state index contributed by atoms with van der Waals surface area (Å²) in [6.07, 6.45) is 0. The Morgan fingerprint density at radius 1 is 1.29 bits per heavy atom. The second-order valence-electron chi connectivity index (χ2n) is 3.26. The van der Waals surface area contributed by atoms with Gasteiger partial charge in [0.2, 0.25) is 0 Å². The molecule has 14 heavy (non-hydrogen) atoms. The number of morpholine rings is 1. The third kappa shape index (κ3) is 1.86. The van der Waals surface area contributed by atoms with Gasteiger partial charge in [0.05, 0.1) is 24.8 Å². The quantitative estimate of drug-likeness (QED) is 0.668. The molecule has 0 N–H and O–H groups in total. The first kappa shape index (κ1) is 9.04. The van der Waals surface area contributed by atoms with E-state index in [-0.39, 0.29) is 0 Å². The normalized spacial score (nSPS) is 16.4. The first-order valence-electron chi connectivity index (χ1n) is 4.73. The van der Waals surface area contributed by atoms with Crippen LogP contribution >= 0.6 is 0 Å². The number of rotatable bonds is 1. The maximum Gasteiger partial charge on any atom is 0.0992 e. The van der Waals surface area contributed by atoms with E-state index in [1.165, 1.54) is 0 Å². The van der Waals surface area contributed by atoms with Crippen molar-refractivity contribution >= 4 is 5.69 Å². The Balaban J connectivity index is 2.18. The van der Waals surface area contributed by atoms with Gasteiger partial charge in [0.25, 0.3) is 0 Å². The Labute approximate surface area is 83.5 Å². The largest absolute Gasteiger partial charge is 0.378 e. The summed E-state index contributed by atoms with van der Waals surface area (Å²) in [5.41, 5.74) is 1.83. The zero-order valence-electron chi connectivity index (χ0n) is 7.94. The van der Waals surface area contributed by atoms with Crippen LogP contribution in [0.15, 0.2) is 24.3 Å². The van der Waals surface area contributed by atoms with E-state index < -0.39 is 0 Å². The molecule has 2 rings (SSSR count). The lowest BCUT2D eigenvalue weighted by molar-refractivity contribution is 0.122. The van der Waals surface area contributed by atoms with Crippen molar-refractivity contribution in [3.8, 4) is 6.07 Å². The lowest BCUT2D eigenvalue weighted by Crippen LogP contribution is -2.36. The number of anilines is 1. The highest BCUT2D eigenvalue weighted by Crippen LogP contribution is 2.16. The van der Waals surface area contributed by atoms with E-state index in [1.54, 1.807) is 0 Å². The molecule has 1 saturated heterocycles. The van der Waals surface area contributed by atoms with Gasteiger partial charge in [0.15, 0.2) is 0 Å². The lowest BCUT2D eigenvalue weighted by atomic mass is 10.2. The van der Waals surface area contributed by atoms with Crippen LogP contribution in [0.5, 0.6) is 0 Å². The van der Waals surface area contributed by atoms with Crippen molar-refractivity contribution in [3.63, 3.8) is 0 Å². The maximum absolute atomic E-state index is 8.77. The summed E-state index contributed by atoms with van der Waals surface area (Å²) in [6, 6.07) is 9.85. The minimum atomic E-state index is 0.717. The molecule has 0 saturated carbocycles. The summed E-state index contributed by atoms with van der Waals surface area (Å²) in [5, 5.41) is 8.77. The van der Waals surface area contributed by atoms with E-state index in [0.717, 1.165) is 32.0 Å². The predicted molar refractivity (Wildman–Crippen MR) is 54.2 cm³/mol.